The van der Waals surface area contributed by atoms with Gasteiger partial charge in [-0.15, -0.1) is 0 Å². The Morgan fingerprint density at radius 2 is 1.72 bits per heavy atom. The van der Waals surface area contributed by atoms with Crippen molar-refractivity contribution in [1.29, 1.82) is 0 Å². The van der Waals surface area contributed by atoms with Crippen LogP contribution in [0.2, 0.25) is 0 Å². The van der Waals surface area contributed by atoms with Crippen LogP contribution in [-0.4, -0.2) is 59.4 Å². The van der Waals surface area contributed by atoms with E-state index in [1.54, 1.807) is 11.9 Å². The minimum atomic E-state index is 0.107. The summed E-state index contributed by atoms with van der Waals surface area (Å²) < 4.78 is 2.36. The zero-order chi connectivity index (χ0) is 21.9. The normalized spacial score (nSPS) is 20.0. The number of para-hydroxylation sites is 1. The molecule has 2 aliphatic rings. The number of carbonyl (C=O) groups is 1. The van der Waals surface area contributed by atoms with Crippen molar-refractivity contribution in [2.75, 3.05) is 44.2 Å². The van der Waals surface area contributed by atoms with Gasteiger partial charge in [0.15, 0.2) is 0 Å². The zero-order valence-electron chi connectivity index (χ0n) is 18.6. The fourth-order valence-electron chi connectivity index (χ4n) is 4.83. The highest BCUT2D eigenvalue weighted by atomic mass is 32.2. The maximum Gasteiger partial charge on any atom is 0.227 e. The summed E-state index contributed by atoms with van der Waals surface area (Å²) in [4.78, 5) is 23.7. The number of piperidine rings is 1. The number of anilines is 1. The summed E-state index contributed by atoms with van der Waals surface area (Å²) in [7, 11) is 0. The number of benzene rings is 2. The van der Waals surface area contributed by atoms with Gasteiger partial charge < -0.3 is 9.80 Å². The lowest BCUT2D eigenvalue weighted by Gasteiger charge is -2.39. The number of hydrogen-bond acceptors (Lipinski definition) is 5. The second-order valence-electron chi connectivity index (χ2n) is 8.74. The molecular weight excluding hydrogens is 416 g/mol. The second-order valence-corrected chi connectivity index (χ2v) is 9.91. The number of aromatic nitrogens is 1. The fraction of sp³-hybridized carbons (Fsp3) is 0.385. The third-order valence-corrected chi connectivity index (χ3v) is 7.54. The minimum Gasteiger partial charge on any atom is -0.367 e. The van der Waals surface area contributed by atoms with Gasteiger partial charge in [0.2, 0.25) is 5.91 Å². The molecule has 6 heteroatoms. The van der Waals surface area contributed by atoms with Gasteiger partial charge >= 0.3 is 0 Å². The van der Waals surface area contributed by atoms with E-state index < -0.39 is 0 Å². The summed E-state index contributed by atoms with van der Waals surface area (Å²) in [5, 5.41) is 1.19. The third kappa shape index (κ3) is 4.62. The molecule has 32 heavy (non-hydrogen) atoms. The second kappa shape index (κ2) is 9.51. The Balaban J connectivity index is 1.21. The van der Waals surface area contributed by atoms with Gasteiger partial charge in [-0.25, -0.2) is 4.31 Å². The number of nitrogens with zero attached hydrogens (tertiary/aromatic N) is 4. The van der Waals surface area contributed by atoms with Crippen molar-refractivity contribution >= 4 is 34.4 Å². The molecule has 0 radical (unpaired) electrons. The largest absolute Gasteiger partial charge is 0.367 e. The molecule has 0 spiro atoms. The van der Waals surface area contributed by atoms with Crippen molar-refractivity contribution < 1.29 is 4.79 Å². The monoisotopic (exact) mass is 446 g/mol. The molecule has 166 valence electrons. The van der Waals surface area contributed by atoms with E-state index in [9.17, 15) is 4.79 Å². The van der Waals surface area contributed by atoms with E-state index in [0.717, 1.165) is 63.3 Å². The van der Waals surface area contributed by atoms with Crippen LogP contribution in [-0.2, 0) is 4.79 Å². The first-order chi connectivity index (χ1) is 15.7. The van der Waals surface area contributed by atoms with Crippen LogP contribution in [0.25, 0.3) is 10.9 Å². The smallest absolute Gasteiger partial charge is 0.227 e. The van der Waals surface area contributed by atoms with E-state index in [-0.39, 0.29) is 5.92 Å². The molecule has 5 rings (SSSR count). The number of pyridine rings is 1. The number of rotatable bonds is 4. The molecule has 1 atom stereocenters. The number of amides is 1. The minimum absolute atomic E-state index is 0.107. The lowest BCUT2D eigenvalue weighted by molar-refractivity contribution is -0.136. The SMILES string of the molecule is Cc1cc(N2CCN(C(=O)C3CCCN(Sc4ccccc4)C3)CC2)c2ccccc2n1. The Kier molecular flexibility index (Phi) is 6.32. The van der Waals surface area contributed by atoms with Gasteiger partial charge in [-0.3, -0.25) is 9.78 Å². The molecule has 3 aromatic rings. The predicted octanol–water partition coefficient (Wildman–Crippen LogP) is 4.61. The van der Waals surface area contributed by atoms with Gasteiger partial charge in [-0.05, 0) is 56.0 Å². The molecule has 1 aromatic heterocycles. The van der Waals surface area contributed by atoms with Crippen LogP contribution in [0.15, 0.2) is 65.6 Å². The molecule has 1 unspecified atom stereocenters. The first kappa shape index (κ1) is 21.3. The van der Waals surface area contributed by atoms with Crippen LogP contribution in [0.5, 0.6) is 0 Å². The first-order valence-electron chi connectivity index (χ1n) is 11.6. The molecule has 2 aromatic carbocycles. The third-order valence-electron chi connectivity index (χ3n) is 6.47. The van der Waals surface area contributed by atoms with Gasteiger partial charge in [-0.2, -0.15) is 0 Å². The highest BCUT2D eigenvalue weighted by Gasteiger charge is 2.31. The van der Waals surface area contributed by atoms with E-state index in [1.807, 2.05) is 12.1 Å². The number of carbonyl (C=O) groups excluding carboxylic acids is 1. The van der Waals surface area contributed by atoms with Crippen molar-refractivity contribution in [3.63, 3.8) is 0 Å². The quantitative estimate of drug-likeness (QED) is 0.547. The first-order valence-corrected chi connectivity index (χ1v) is 12.3. The number of hydrogen-bond donors (Lipinski definition) is 0. The van der Waals surface area contributed by atoms with Gasteiger partial charge in [0.25, 0.3) is 0 Å². The van der Waals surface area contributed by atoms with Crippen LogP contribution in [0.3, 0.4) is 0 Å². The highest BCUT2D eigenvalue weighted by molar-refractivity contribution is 7.97. The van der Waals surface area contributed by atoms with Gasteiger partial charge in [0, 0.05) is 60.9 Å². The average Bonchev–Trinajstić information content (AvgIpc) is 2.84. The molecule has 0 N–H and O–H groups in total. The number of aryl methyl sites for hydroxylation is 1. The van der Waals surface area contributed by atoms with E-state index >= 15 is 0 Å². The lowest BCUT2D eigenvalue weighted by atomic mass is 9.97. The van der Waals surface area contributed by atoms with Gasteiger partial charge in [0.1, 0.15) is 0 Å². The molecule has 2 saturated heterocycles. The Hall–Kier alpha value is -2.57. The Morgan fingerprint density at radius 1 is 0.969 bits per heavy atom. The van der Waals surface area contributed by atoms with Crippen molar-refractivity contribution in [3.8, 4) is 0 Å². The molecule has 2 fully saturated rings. The summed E-state index contributed by atoms with van der Waals surface area (Å²) in [6, 6.07) is 21.0. The van der Waals surface area contributed by atoms with Crippen LogP contribution < -0.4 is 4.90 Å². The zero-order valence-corrected chi connectivity index (χ0v) is 19.4. The van der Waals surface area contributed by atoms with Gasteiger partial charge in [-0.1, -0.05) is 36.4 Å². The number of piperazine rings is 1. The standard InChI is InChI=1S/C26H30N4OS/c1-20-18-25(23-11-5-6-12-24(23)27-20)28-14-16-29(17-15-28)26(31)21-8-7-13-30(19-21)32-22-9-3-2-4-10-22/h2-6,9-12,18,21H,7-8,13-17,19H2,1H3. The molecule has 0 bridgehead atoms. The van der Waals surface area contributed by atoms with Crippen molar-refractivity contribution in [2.24, 2.45) is 5.92 Å². The van der Waals surface area contributed by atoms with Crippen molar-refractivity contribution in [3.05, 3.63) is 66.4 Å². The van der Waals surface area contributed by atoms with Crippen LogP contribution in [0.1, 0.15) is 18.5 Å². The Morgan fingerprint density at radius 3 is 2.53 bits per heavy atom. The van der Waals surface area contributed by atoms with Crippen LogP contribution >= 0.6 is 11.9 Å². The van der Waals surface area contributed by atoms with E-state index in [0.29, 0.717) is 5.91 Å². The van der Waals surface area contributed by atoms with Crippen LogP contribution in [0, 0.1) is 12.8 Å². The molecule has 0 saturated carbocycles. The summed E-state index contributed by atoms with van der Waals surface area (Å²) >= 11 is 1.78. The molecule has 0 aliphatic carbocycles. The van der Waals surface area contributed by atoms with Crippen molar-refractivity contribution in [1.82, 2.24) is 14.2 Å². The molecule has 1 amide bonds. The average molecular weight is 447 g/mol. The predicted molar refractivity (Wildman–Crippen MR) is 132 cm³/mol. The fourth-order valence-corrected chi connectivity index (χ4v) is 5.88. The van der Waals surface area contributed by atoms with E-state index in [2.05, 4.69) is 74.5 Å². The summed E-state index contributed by atoms with van der Waals surface area (Å²) in [6.07, 6.45) is 2.08. The van der Waals surface area contributed by atoms with Crippen molar-refractivity contribution in [2.45, 2.75) is 24.7 Å². The summed E-state index contributed by atoms with van der Waals surface area (Å²) in [5.74, 6) is 0.439. The highest BCUT2D eigenvalue weighted by Crippen LogP contribution is 2.30. The number of fused-ring (bicyclic) bond motifs is 1. The van der Waals surface area contributed by atoms with Crippen LogP contribution in [0.4, 0.5) is 5.69 Å². The van der Waals surface area contributed by atoms with E-state index in [4.69, 9.17) is 0 Å². The maximum absolute atomic E-state index is 13.3. The van der Waals surface area contributed by atoms with E-state index in [1.165, 1.54) is 16.0 Å². The molecule has 5 nitrogen and oxygen atoms in total. The Bertz CT molecular complexity index is 1080. The topological polar surface area (TPSA) is 39.7 Å². The maximum atomic E-state index is 13.3. The molecular formula is C26H30N4OS. The summed E-state index contributed by atoms with van der Waals surface area (Å²) in [6.45, 7) is 7.26. The Labute approximate surface area is 194 Å². The summed E-state index contributed by atoms with van der Waals surface area (Å²) in [5.41, 5.74) is 3.32. The van der Waals surface area contributed by atoms with Gasteiger partial charge in [0.05, 0.1) is 11.4 Å². The molecule has 3 heterocycles. The molecule has 2 aliphatic heterocycles. The lowest BCUT2D eigenvalue weighted by Crippen LogP contribution is -2.52.